The number of hydrogen-bond acceptors (Lipinski definition) is 5. The lowest BCUT2D eigenvalue weighted by Gasteiger charge is -2.33. The van der Waals surface area contributed by atoms with E-state index in [0.29, 0.717) is 13.1 Å². The predicted molar refractivity (Wildman–Crippen MR) is 102 cm³/mol. The minimum absolute atomic E-state index is 0.0807. The minimum atomic E-state index is -0.237. The van der Waals surface area contributed by atoms with E-state index >= 15 is 0 Å². The Balaban J connectivity index is 1.28. The molecule has 0 unspecified atom stereocenters. The molecule has 1 atom stereocenters. The lowest BCUT2D eigenvalue weighted by atomic mass is 10.1. The number of ether oxygens (including phenoxy) is 1. The molecule has 6 heteroatoms. The minimum Gasteiger partial charge on any atom is -0.489 e. The van der Waals surface area contributed by atoms with Crippen LogP contribution in [-0.2, 0) is 4.79 Å². The first-order chi connectivity index (χ1) is 13.2. The van der Waals surface area contributed by atoms with Gasteiger partial charge in [-0.05, 0) is 37.8 Å². The molecule has 1 aromatic carbocycles. The van der Waals surface area contributed by atoms with Crippen molar-refractivity contribution in [2.75, 3.05) is 26.2 Å². The Morgan fingerprint density at radius 2 is 2.04 bits per heavy atom. The summed E-state index contributed by atoms with van der Waals surface area (Å²) in [5.41, 5.74) is 0.968. The molecule has 2 fully saturated rings. The topological polar surface area (TPSA) is 69.5 Å². The molecule has 1 aromatic heterocycles. The molecule has 3 heterocycles. The van der Waals surface area contributed by atoms with E-state index in [0.717, 1.165) is 55.4 Å². The zero-order valence-corrected chi connectivity index (χ0v) is 15.4. The van der Waals surface area contributed by atoms with E-state index in [9.17, 15) is 4.79 Å². The first-order valence-electron chi connectivity index (χ1n) is 9.66. The smallest absolute Gasteiger partial charge is 0.237 e. The van der Waals surface area contributed by atoms with Crippen LogP contribution in [0.25, 0.3) is 10.9 Å². The van der Waals surface area contributed by atoms with Crippen LogP contribution < -0.4 is 4.74 Å². The summed E-state index contributed by atoms with van der Waals surface area (Å²) in [6.07, 6.45) is 5.45. The van der Waals surface area contributed by atoms with Gasteiger partial charge < -0.3 is 9.64 Å². The van der Waals surface area contributed by atoms with Crippen LogP contribution in [0.4, 0.5) is 0 Å². The second-order valence-corrected chi connectivity index (χ2v) is 7.33. The number of para-hydroxylation sites is 1. The lowest BCUT2D eigenvalue weighted by molar-refractivity contribution is -0.132. The van der Waals surface area contributed by atoms with E-state index in [4.69, 9.17) is 10.00 Å². The second kappa shape index (κ2) is 7.93. The highest BCUT2D eigenvalue weighted by Crippen LogP contribution is 2.23. The van der Waals surface area contributed by atoms with Crippen LogP contribution in [0.1, 0.15) is 25.7 Å². The van der Waals surface area contributed by atoms with Crippen LogP contribution in [0, 0.1) is 11.3 Å². The van der Waals surface area contributed by atoms with Crippen LogP contribution >= 0.6 is 0 Å². The van der Waals surface area contributed by atoms with Gasteiger partial charge in [0, 0.05) is 25.0 Å². The summed E-state index contributed by atoms with van der Waals surface area (Å²) in [5, 5.41) is 10.2. The molecule has 0 bridgehead atoms. The van der Waals surface area contributed by atoms with Crippen LogP contribution in [0.2, 0.25) is 0 Å². The van der Waals surface area contributed by atoms with E-state index in [2.05, 4.69) is 16.0 Å². The van der Waals surface area contributed by atoms with Crippen molar-refractivity contribution in [1.29, 1.82) is 5.26 Å². The monoisotopic (exact) mass is 364 g/mol. The van der Waals surface area contributed by atoms with Gasteiger partial charge in [-0.25, -0.2) is 0 Å². The molecule has 2 saturated heterocycles. The zero-order chi connectivity index (χ0) is 18.6. The Hall–Kier alpha value is -2.65. The summed E-state index contributed by atoms with van der Waals surface area (Å²) in [6, 6.07) is 12.0. The molecule has 0 spiro atoms. The number of aromatic nitrogens is 1. The van der Waals surface area contributed by atoms with Crippen LogP contribution in [0.3, 0.4) is 0 Å². The van der Waals surface area contributed by atoms with Crippen molar-refractivity contribution in [3.05, 3.63) is 36.5 Å². The van der Waals surface area contributed by atoms with Crippen molar-refractivity contribution < 1.29 is 9.53 Å². The quantitative estimate of drug-likeness (QED) is 0.834. The van der Waals surface area contributed by atoms with Gasteiger partial charge in [0.2, 0.25) is 5.91 Å². The first-order valence-corrected chi connectivity index (χ1v) is 9.66. The normalized spacial score (nSPS) is 21.3. The van der Waals surface area contributed by atoms with Gasteiger partial charge in [-0.1, -0.05) is 18.2 Å². The molecule has 0 N–H and O–H groups in total. The fraction of sp³-hybridized carbons (Fsp3) is 0.476. The van der Waals surface area contributed by atoms with Gasteiger partial charge in [0.15, 0.2) is 0 Å². The van der Waals surface area contributed by atoms with Crippen molar-refractivity contribution in [3.63, 3.8) is 0 Å². The Kier molecular flexibility index (Phi) is 5.21. The molecule has 1 amide bonds. The Bertz CT molecular complexity index is 855. The summed E-state index contributed by atoms with van der Waals surface area (Å²) < 4.78 is 6.12. The summed E-state index contributed by atoms with van der Waals surface area (Å²) in [5.74, 6) is 0.884. The SMILES string of the molecule is N#C[C@@H]1CCCN1C(=O)CN1CCC(Oc2cnc3ccccc3c2)CC1. The number of carbonyl (C=O) groups is 1. The fourth-order valence-electron chi connectivity index (χ4n) is 3.97. The average molecular weight is 364 g/mol. The number of amides is 1. The number of benzene rings is 1. The Morgan fingerprint density at radius 1 is 1.22 bits per heavy atom. The van der Waals surface area contributed by atoms with Gasteiger partial charge in [0.1, 0.15) is 17.9 Å². The van der Waals surface area contributed by atoms with Crippen molar-refractivity contribution in [1.82, 2.24) is 14.8 Å². The summed E-state index contributed by atoms with van der Waals surface area (Å²) >= 11 is 0. The highest BCUT2D eigenvalue weighted by atomic mass is 16.5. The number of hydrogen-bond donors (Lipinski definition) is 0. The molecule has 0 aliphatic carbocycles. The fourth-order valence-corrected chi connectivity index (χ4v) is 3.97. The number of pyridine rings is 1. The maximum atomic E-state index is 12.5. The Morgan fingerprint density at radius 3 is 2.85 bits per heavy atom. The van der Waals surface area contributed by atoms with Crippen LogP contribution in [-0.4, -0.2) is 59.0 Å². The number of nitriles is 1. The molecule has 140 valence electrons. The van der Waals surface area contributed by atoms with E-state index in [1.165, 1.54) is 0 Å². The highest BCUT2D eigenvalue weighted by Gasteiger charge is 2.30. The van der Waals surface area contributed by atoms with E-state index < -0.39 is 0 Å². The van der Waals surface area contributed by atoms with Gasteiger partial charge in [-0.15, -0.1) is 0 Å². The van der Waals surface area contributed by atoms with Crippen molar-refractivity contribution in [2.45, 2.75) is 37.8 Å². The standard InChI is InChI=1S/C21H24N4O2/c22-13-17-5-3-9-25(17)21(26)15-24-10-7-18(8-11-24)27-19-12-16-4-1-2-6-20(16)23-14-19/h1-2,4,6,12,14,17-18H,3,5,7-11,15H2/t17-/m0/s1. The highest BCUT2D eigenvalue weighted by molar-refractivity contribution is 5.80. The number of piperidine rings is 1. The molecule has 6 nitrogen and oxygen atoms in total. The third kappa shape index (κ3) is 4.04. The van der Waals surface area contributed by atoms with Crippen molar-refractivity contribution in [2.24, 2.45) is 0 Å². The average Bonchev–Trinajstić information content (AvgIpc) is 3.18. The summed E-state index contributed by atoms with van der Waals surface area (Å²) in [6.45, 7) is 2.79. The number of carbonyl (C=O) groups excluding carboxylic acids is 1. The van der Waals surface area contributed by atoms with Crippen molar-refractivity contribution >= 4 is 16.8 Å². The molecule has 2 aliphatic heterocycles. The maximum absolute atomic E-state index is 12.5. The maximum Gasteiger partial charge on any atom is 0.237 e. The first kappa shape index (κ1) is 17.7. The summed E-state index contributed by atoms with van der Waals surface area (Å²) in [4.78, 5) is 20.8. The molecule has 2 aliphatic rings. The van der Waals surface area contributed by atoms with Crippen LogP contribution in [0.15, 0.2) is 36.5 Å². The van der Waals surface area contributed by atoms with Gasteiger partial charge >= 0.3 is 0 Å². The van der Waals surface area contributed by atoms with Crippen molar-refractivity contribution in [3.8, 4) is 11.8 Å². The molecule has 0 radical (unpaired) electrons. The molecule has 27 heavy (non-hydrogen) atoms. The number of rotatable bonds is 4. The molecular formula is C21H24N4O2. The van der Waals surface area contributed by atoms with E-state index in [1.54, 1.807) is 11.1 Å². The Labute approximate surface area is 159 Å². The summed E-state index contributed by atoms with van der Waals surface area (Å²) in [7, 11) is 0. The molecule has 4 rings (SSSR count). The van der Waals surface area contributed by atoms with Gasteiger partial charge in [-0.3, -0.25) is 14.7 Å². The number of likely N-dealkylation sites (tertiary alicyclic amines) is 2. The molecular weight excluding hydrogens is 340 g/mol. The largest absolute Gasteiger partial charge is 0.489 e. The lowest BCUT2D eigenvalue weighted by Crippen LogP contribution is -2.46. The number of nitrogens with zero attached hydrogens (tertiary/aromatic N) is 4. The number of fused-ring (bicyclic) bond motifs is 1. The third-order valence-electron chi connectivity index (χ3n) is 5.48. The van der Waals surface area contributed by atoms with E-state index in [-0.39, 0.29) is 18.1 Å². The van der Waals surface area contributed by atoms with Gasteiger partial charge in [0.05, 0.1) is 24.3 Å². The second-order valence-electron chi connectivity index (χ2n) is 7.33. The predicted octanol–water partition coefficient (Wildman–Crippen LogP) is 2.59. The zero-order valence-electron chi connectivity index (χ0n) is 15.4. The van der Waals surface area contributed by atoms with Crippen LogP contribution in [0.5, 0.6) is 5.75 Å². The molecule has 2 aromatic rings. The van der Waals surface area contributed by atoms with E-state index in [1.807, 2.05) is 30.3 Å². The van der Waals surface area contributed by atoms with Gasteiger partial charge in [-0.2, -0.15) is 5.26 Å². The molecule has 0 saturated carbocycles. The third-order valence-corrected chi connectivity index (χ3v) is 5.48. The van der Waals surface area contributed by atoms with Gasteiger partial charge in [0.25, 0.3) is 0 Å².